The van der Waals surface area contributed by atoms with E-state index in [1.165, 1.54) is 6.08 Å². The van der Waals surface area contributed by atoms with Gasteiger partial charge in [-0.1, -0.05) is 24.3 Å². The number of sulfonamides is 1. The van der Waals surface area contributed by atoms with Gasteiger partial charge in [-0.05, 0) is 12.1 Å². The molecule has 0 saturated heterocycles. The predicted octanol–water partition coefficient (Wildman–Crippen LogP) is 0.739. The summed E-state index contributed by atoms with van der Waals surface area (Å²) in [7, 11) is -7.07. The van der Waals surface area contributed by atoms with E-state index in [4.69, 9.17) is 0 Å². The monoisotopic (exact) mass is 273 g/mol. The maximum absolute atomic E-state index is 11.9. The standard InChI is InChI=1S/C10H11NO4S2/c12-16(13)7-6-10(8-16)17(14,15)11-9-4-2-1-3-5-9/h1-7,10-11H,8H2. The third kappa shape index (κ3) is 2.86. The number of anilines is 1. The summed E-state index contributed by atoms with van der Waals surface area (Å²) in [6.45, 7) is 0. The van der Waals surface area contributed by atoms with Crippen molar-refractivity contribution in [1.82, 2.24) is 0 Å². The summed E-state index contributed by atoms with van der Waals surface area (Å²) in [5.74, 6) is -0.394. The van der Waals surface area contributed by atoms with Gasteiger partial charge < -0.3 is 0 Å². The van der Waals surface area contributed by atoms with Gasteiger partial charge in [-0.3, -0.25) is 4.72 Å². The Hall–Kier alpha value is -1.34. The fourth-order valence-electron chi connectivity index (χ4n) is 1.49. The molecule has 1 aromatic rings. The Morgan fingerprint density at radius 2 is 1.82 bits per heavy atom. The van der Waals surface area contributed by atoms with Gasteiger partial charge in [-0.2, -0.15) is 0 Å². The van der Waals surface area contributed by atoms with Gasteiger partial charge in [0.05, 0.1) is 5.75 Å². The molecular weight excluding hydrogens is 262 g/mol. The summed E-state index contributed by atoms with van der Waals surface area (Å²) in [5, 5.41) is -0.0743. The third-order valence-electron chi connectivity index (χ3n) is 2.33. The zero-order chi connectivity index (χ0) is 12.5. The van der Waals surface area contributed by atoms with Crippen LogP contribution in [0.5, 0.6) is 0 Å². The summed E-state index contributed by atoms with van der Waals surface area (Å²) in [6.07, 6.45) is 1.20. The van der Waals surface area contributed by atoms with Crippen molar-refractivity contribution in [2.45, 2.75) is 5.25 Å². The molecule has 0 spiro atoms. The first-order valence-corrected chi connectivity index (χ1v) is 8.13. The van der Waals surface area contributed by atoms with Crippen molar-refractivity contribution in [3.8, 4) is 0 Å². The Labute approximate surface area is 100 Å². The molecule has 0 fully saturated rings. The molecule has 1 N–H and O–H groups in total. The molecule has 1 heterocycles. The second-order valence-corrected chi connectivity index (χ2v) is 7.54. The van der Waals surface area contributed by atoms with Crippen LogP contribution in [-0.4, -0.2) is 27.8 Å². The minimum Gasteiger partial charge on any atom is -0.283 e. The molecule has 1 unspecified atom stereocenters. The molecule has 2 rings (SSSR count). The number of para-hydroxylation sites is 1. The molecule has 7 heteroatoms. The minimum atomic E-state index is -3.70. The molecule has 0 aliphatic carbocycles. The molecular formula is C10H11NO4S2. The highest BCUT2D eigenvalue weighted by molar-refractivity contribution is 7.98. The second kappa shape index (κ2) is 4.15. The Morgan fingerprint density at radius 3 is 2.35 bits per heavy atom. The molecule has 0 amide bonds. The summed E-state index contributed by atoms with van der Waals surface area (Å²) in [4.78, 5) is 0. The van der Waals surface area contributed by atoms with Crippen molar-refractivity contribution in [2.75, 3.05) is 10.5 Å². The van der Waals surface area contributed by atoms with Gasteiger partial charge in [-0.25, -0.2) is 16.8 Å². The highest BCUT2D eigenvalue weighted by Crippen LogP contribution is 2.18. The van der Waals surface area contributed by atoms with Crippen LogP contribution in [0.15, 0.2) is 41.8 Å². The van der Waals surface area contributed by atoms with E-state index in [0.717, 1.165) is 5.41 Å². The SMILES string of the molecule is O=S1(=O)C=CC(S(=O)(=O)Nc2ccccc2)C1. The zero-order valence-electron chi connectivity index (χ0n) is 8.78. The molecule has 0 radical (unpaired) electrons. The molecule has 0 aromatic heterocycles. The van der Waals surface area contributed by atoms with E-state index in [-0.39, 0.29) is 0 Å². The largest absolute Gasteiger partial charge is 0.283 e. The smallest absolute Gasteiger partial charge is 0.240 e. The maximum Gasteiger partial charge on any atom is 0.240 e. The van der Waals surface area contributed by atoms with Crippen molar-refractivity contribution in [3.63, 3.8) is 0 Å². The number of nitrogens with one attached hydrogen (secondary N) is 1. The van der Waals surface area contributed by atoms with Crippen LogP contribution in [0.1, 0.15) is 0 Å². The van der Waals surface area contributed by atoms with Gasteiger partial charge >= 0.3 is 0 Å². The van der Waals surface area contributed by atoms with Gasteiger partial charge in [0.2, 0.25) is 10.0 Å². The van der Waals surface area contributed by atoms with Crippen molar-refractivity contribution < 1.29 is 16.8 Å². The number of hydrogen-bond acceptors (Lipinski definition) is 4. The summed E-state index contributed by atoms with van der Waals surface area (Å²) < 4.78 is 48.4. The Morgan fingerprint density at radius 1 is 1.18 bits per heavy atom. The predicted molar refractivity (Wildman–Crippen MR) is 65.7 cm³/mol. The zero-order valence-corrected chi connectivity index (χ0v) is 10.4. The first-order chi connectivity index (χ1) is 7.89. The van der Waals surface area contributed by atoms with E-state index in [2.05, 4.69) is 4.72 Å². The molecule has 0 saturated carbocycles. The highest BCUT2D eigenvalue weighted by Gasteiger charge is 2.32. The Balaban J connectivity index is 2.20. The quantitative estimate of drug-likeness (QED) is 0.880. The topological polar surface area (TPSA) is 80.3 Å². The van der Waals surface area contributed by atoms with Gasteiger partial charge in [0.1, 0.15) is 5.25 Å². The molecule has 92 valence electrons. The molecule has 1 atom stereocenters. The van der Waals surface area contributed by atoms with Crippen LogP contribution in [0, 0.1) is 0 Å². The van der Waals surface area contributed by atoms with Crippen LogP contribution in [-0.2, 0) is 19.9 Å². The molecule has 17 heavy (non-hydrogen) atoms. The van der Waals surface area contributed by atoms with Crippen molar-refractivity contribution >= 4 is 25.5 Å². The summed E-state index contributed by atoms with van der Waals surface area (Å²) in [5.41, 5.74) is 0.421. The summed E-state index contributed by atoms with van der Waals surface area (Å²) in [6, 6.07) is 8.35. The van der Waals surface area contributed by atoms with E-state index in [1.807, 2.05) is 0 Å². The lowest BCUT2D eigenvalue weighted by atomic mass is 10.3. The average molecular weight is 273 g/mol. The van der Waals surface area contributed by atoms with E-state index < -0.39 is 30.9 Å². The number of hydrogen-bond donors (Lipinski definition) is 1. The first-order valence-electron chi connectivity index (χ1n) is 4.87. The lowest BCUT2D eigenvalue weighted by molar-refractivity contribution is 0.591. The minimum absolute atomic E-state index is 0.394. The Kier molecular flexibility index (Phi) is 2.96. The molecule has 0 bridgehead atoms. The highest BCUT2D eigenvalue weighted by atomic mass is 32.2. The number of benzene rings is 1. The normalized spacial score (nSPS) is 22.5. The number of sulfone groups is 1. The fourth-order valence-corrected chi connectivity index (χ4v) is 4.88. The van der Waals surface area contributed by atoms with Gasteiger partial charge in [0.25, 0.3) is 0 Å². The van der Waals surface area contributed by atoms with Gasteiger partial charge in [0, 0.05) is 11.1 Å². The lowest BCUT2D eigenvalue weighted by Crippen LogP contribution is -2.28. The molecule has 1 aromatic carbocycles. The molecule has 1 aliphatic heterocycles. The van der Waals surface area contributed by atoms with Crippen LogP contribution in [0.25, 0.3) is 0 Å². The third-order valence-corrected chi connectivity index (χ3v) is 5.58. The Bertz CT molecular complexity index is 632. The van der Waals surface area contributed by atoms with Crippen LogP contribution >= 0.6 is 0 Å². The summed E-state index contributed by atoms with van der Waals surface area (Å²) >= 11 is 0. The van der Waals surface area contributed by atoms with E-state index in [0.29, 0.717) is 5.69 Å². The van der Waals surface area contributed by atoms with Gasteiger partial charge in [0.15, 0.2) is 9.84 Å². The lowest BCUT2D eigenvalue weighted by Gasteiger charge is -2.11. The van der Waals surface area contributed by atoms with Crippen molar-refractivity contribution in [3.05, 3.63) is 41.8 Å². The van der Waals surface area contributed by atoms with Crippen molar-refractivity contribution in [2.24, 2.45) is 0 Å². The molecule has 1 aliphatic rings. The van der Waals surface area contributed by atoms with Crippen LogP contribution < -0.4 is 4.72 Å². The van der Waals surface area contributed by atoms with Crippen LogP contribution in [0.2, 0.25) is 0 Å². The second-order valence-electron chi connectivity index (χ2n) is 3.71. The van der Waals surface area contributed by atoms with E-state index in [1.54, 1.807) is 30.3 Å². The first kappa shape index (κ1) is 12.1. The maximum atomic E-state index is 11.9. The van der Waals surface area contributed by atoms with Crippen molar-refractivity contribution in [1.29, 1.82) is 0 Å². The van der Waals surface area contributed by atoms with E-state index in [9.17, 15) is 16.8 Å². The fraction of sp³-hybridized carbons (Fsp3) is 0.200. The average Bonchev–Trinajstić information content (AvgIpc) is 2.60. The van der Waals surface area contributed by atoms with Crippen LogP contribution in [0.4, 0.5) is 5.69 Å². The van der Waals surface area contributed by atoms with Crippen LogP contribution in [0.3, 0.4) is 0 Å². The van der Waals surface area contributed by atoms with E-state index >= 15 is 0 Å². The number of rotatable bonds is 3. The molecule has 5 nitrogen and oxygen atoms in total. The van der Waals surface area contributed by atoms with Gasteiger partial charge in [-0.15, -0.1) is 0 Å².